The first kappa shape index (κ1) is 29.2. The van der Waals surface area contributed by atoms with Gasteiger partial charge in [0.05, 0.1) is 5.60 Å². The standard InChI is InChI=1S/C31H52O5/c1-21(2)11-12-22(3)10-8-15-30-16-9-14-29(6,7)28(30)26(36-24(5)32)18-23(4)31(30,34)17-13-25-19-27(33)35-20-25/h19,21-23,26,28,34H,8-18,20H2,1-7H3. The van der Waals surface area contributed by atoms with E-state index in [1.54, 1.807) is 6.08 Å². The summed E-state index contributed by atoms with van der Waals surface area (Å²) in [7, 11) is 0. The molecular formula is C31H52O5. The summed E-state index contributed by atoms with van der Waals surface area (Å²) in [5.74, 6) is 1.02. The molecule has 206 valence electrons. The summed E-state index contributed by atoms with van der Waals surface area (Å²) in [5, 5.41) is 12.7. The largest absolute Gasteiger partial charge is 0.462 e. The second-order valence-electron chi connectivity index (χ2n) is 13.6. The zero-order chi connectivity index (χ0) is 26.7. The Hall–Kier alpha value is -1.36. The van der Waals surface area contributed by atoms with Gasteiger partial charge in [0.2, 0.25) is 0 Å². The number of esters is 2. The number of carbonyl (C=O) groups excluding carboxylic acids is 2. The molecule has 2 saturated carbocycles. The third kappa shape index (κ3) is 6.19. The lowest BCUT2D eigenvalue weighted by atomic mass is 9.41. The molecule has 6 unspecified atom stereocenters. The summed E-state index contributed by atoms with van der Waals surface area (Å²) in [5.41, 5.74) is -0.234. The van der Waals surface area contributed by atoms with E-state index in [1.165, 1.54) is 19.8 Å². The Morgan fingerprint density at radius 2 is 1.89 bits per heavy atom. The lowest BCUT2D eigenvalue weighted by molar-refractivity contribution is -0.259. The molecule has 1 N–H and O–H groups in total. The predicted octanol–water partition coefficient (Wildman–Crippen LogP) is 7.01. The molecule has 2 aliphatic carbocycles. The van der Waals surface area contributed by atoms with Gasteiger partial charge in [-0.1, -0.05) is 73.6 Å². The normalized spacial score (nSPS) is 34.6. The van der Waals surface area contributed by atoms with E-state index < -0.39 is 5.60 Å². The smallest absolute Gasteiger partial charge is 0.331 e. The van der Waals surface area contributed by atoms with Crippen LogP contribution in [0.15, 0.2) is 11.6 Å². The molecule has 0 bridgehead atoms. The van der Waals surface area contributed by atoms with Gasteiger partial charge in [-0.05, 0) is 67.3 Å². The van der Waals surface area contributed by atoms with Crippen molar-refractivity contribution in [2.24, 2.45) is 34.5 Å². The maximum atomic E-state index is 12.7. The molecule has 2 fully saturated rings. The van der Waals surface area contributed by atoms with E-state index in [0.717, 1.165) is 50.0 Å². The van der Waals surface area contributed by atoms with Gasteiger partial charge < -0.3 is 14.6 Å². The molecular weight excluding hydrogens is 452 g/mol. The highest BCUT2D eigenvalue weighted by Gasteiger charge is 2.66. The molecule has 1 aliphatic heterocycles. The summed E-state index contributed by atoms with van der Waals surface area (Å²) < 4.78 is 11.2. The highest BCUT2D eigenvalue weighted by Crippen LogP contribution is 2.66. The van der Waals surface area contributed by atoms with Crippen LogP contribution < -0.4 is 0 Å². The number of ether oxygens (including phenoxy) is 2. The van der Waals surface area contributed by atoms with Crippen LogP contribution in [0.25, 0.3) is 0 Å². The van der Waals surface area contributed by atoms with E-state index in [1.807, 2.05) is 0 Å². The number of hydrogen-bond acceptors (Lipinski definition) is 5. The van der Waals surface area contributed by atoms with Gasteiger partial charge in [-0.2, -0.15) is 0 Å². The van der Waals surface area contributed by atoms with Crippen molar-refractivity contribution in [1.82, 2.24) is 0 Å². The van der Waals surface area contributed by atoms with Gasteiger partial charge in [-0.3, -0.25) is 4.79 Å². The first-order chi connectivity index (χ1) is 16.8. The molecule has 0 radical (unpaired) electrons. The molecule has 3 rings (SSSR count). The molecule has 0 saturated heterocycles. The topological polar surface area (TPSA) is 72.8 Å². The van der Waals surface area contributed by atoms with Crippen LogP contribution in [0.2, 0.25) is 0 Å². The molecule has 36 heavy (non-hydrogen) atoms. The lowest BCUT2D eigenvalue weighted by Gasteiger charge is -2.66. The zero-order valence-corrected chi connectivity index (χ0v) is 24.0. The van der Waals surface area contributed by atoms with Gasteiger partial charge in [-0.15, -0.1) is 0 Å². The van der Waals surface area contributed by atoms with Gasteiger partial charge in [0.25, 0.3) is 0 Å². The molecule has 0 amide bonds. The molecule has 0 aromatic heterocycles. The minimum atomic E-state index is -0.875. The Morgan fingerprint density at radius 3 is 2.50 bits per heavy atom. The van der Waals surface area contributed by atoms with Crippen molar-refractivity contribution in [2.75, 3.05) is 6.61 Å². The summed E-state index contributed by atoms with van der Waals surface area (Å²) in [6, 6.07) is 0. The Kier molecular flexibility index (Phi) is 9.39. The van der Waals surface area contributed by atoms with Crippen LogP contribution in [0.3, 0.4) is 0 Å². The van der Waals surface area contributed by atoms with Gasteiger partial charge in [0.1, 0.15) is 12.7 Å². The van der Waals surface area contributed by atoms with Gasteiger partial charge in [0.15, 0.2) is 0 Å². The second kappa shape index (κ2) is 11.6. The third-order valence-corrected chi connectivity index (χ3v) is 9.94. The van der Waals surface area contributed by atoms with E-state index in [-0.39, 0.29) is 40.7 Å². The number of carbonyl (C=O) groups is 2. The number of rotatable bonds is 11. The van der Waals surface area contributed by atoms with E-state index >= 15 is 0 Å². The van der Waals surface area contributed by atoms with Crippen molar-refractivity contribution in [3.05, 3.63) is 11.6 Å². The van der Waals surface area contributed by atoms with Gasteiger partial charge in [-0.25, -0.2) is 4.79 Å². The van der Waals surface area contributed by atoms with Crippen LogP contribution in [-0.2, 0) is 19.1 Å². The Morgan fingerprint density at radius 1 is 1.17 bits per heavy atom. The Bertz CT molecular complexity index is 814. The first-order valence-corrected chi connectivity index (χ1v) is 14.6. The van der Waals surface area contributed by atoms with Crippen LogP contribution in [0.5, 0.6) is 0 Å². The first-order valence-electron chi connectivity index (χ1n) is 14.6. The molecule has 0 spiro atoms. The predicted molar refractivity (Wildman–Crippen MR) is 143 cm³/mol. The number of fused-ring (bicyclic) bond motifs is 1. The number of hydrogen-bond donors (Lipinski definition) is 1. The fraction of sp³-hybridized carbons (Fsp3) is 0.871. The fourth-order valence-electron chi connectivity index (χ4n) is 8.19. The zero-order valence-electron chi connectivity index (χ0n) is 24.0. The van der Waals surface area contributed by atoms with Crippen LogP contribution in [0.4, 0.5) is 0 Å². The quantitative estimate of drug-likeness (QED) is 0.306. The Labute approximate surface area is 219 Å². The van der Waals surface area contributed by atoms with Crippen molar-refractivity contribution in [3.8, 4) is 0 Å². The SMILES string of the molecule is CC(=O)OC1CC(C)C(O)(CCC2=CC(=O)OC2)C2(CCCC(C)CCC(C)C)CCCC(C)(C)C12. The lowest BCUT2D eigenvalue weighted by Crippen LogP contribution is -2.68. The maximum Gasteiger partial charge on any atom is 0.331 e. The van der Waals surface area contributed by atoms with Crippen LogP contribution in [0, 0.1) is 34.5 Å². The third-order valence-electron chi connectivity index (χ3n) is 9.94. The molecule has 3 aliphatic rings. The fourth-order valence-corrected chi connectivity index (χ4v) is 8.19. The van der Waals surface area contributed by atoms with Gasteiger partial charge >= 0.3 is 11.9 Å². The second-order valence-corrected chi connectivity index (χ2v) is 13.6. The summed E-state index contributed by atoms with van der Waals surface area (Å²) in [6.07, 6.45) is 12.3. The minimum Gasteiger partial charge on any atom is -0.462 e. The number of cyclic esters (lactones) is 1. The number of aliphatic hydroxyl groups is 1. The minimum absolute atomic E-state index is 0.00369. The van der Waals surface area contributed by atoms with Crippen molar-refractivity contribution < 1.29 is 24.2 Å². The van der Waals surface area contributed by atoms with Crippen molar-refractivity contribution in [3.63, 3.8) is 0 Å². The van der Waals surface area contributed by atoms with E-state index in [4.69, 9.17) is 9.47 Å². The molecule has 6 atom stereocenters. The molecule has 5 nitrogen and oxygen atoms in total. The highest BCUT2D eigenvalue weighted by atomic mass is 16.5. The maximum absolute atomic E-state index is 12.7. The van der Waals surface area contributed by atoms with Crippen LogP contribution >= 0.6 is 0 Å². The molecule has 1 heterocycles. The van der Waals surface area contributed by atoms with Crippen LogP contribution in [0.1, 0.15) is 119 Å². The van der Waals surface area contributed by atoms with Crippen molar-refractivity contribution >= 4 is 11.9 Å². The van der Waals surface area contributed by atoms with E-state index in [2.05, 4.69) is 41.5 Å². The average Bonchev–Trinajstić information content (AvgIpc) is 3.19. The summed E-state index contributed by atoms with van der Waals surface area (Å²) in [4.78, 5) is 23.9. The van der Waals surface area contributed by atoms with Gasteiger partial charge in [0, 0.05) is 24.3 Å². The monoisotopic (exact) mass is 504 g/mol. The molecule has 0 aromatic carbocycles. The van der Waals surface area contributed by atoms with E-state index in [9.17, 15) is 14.7 Å². The molecule has 0 aromatic rings. The van der Waals surface area contributed by atoms with Crippen molar-refractivity contribution in [1.29, 1.82) is 0 Å². The highest BCUT2D eigenvalue weighted by molar-refractivity contribution is 5.85. The van der Waals surface area contributed by atoms with E-state index in [0.29, 0.717) is 31.8 Å². The van der Waals surface area contributed by atoms with Crippen LogP contribution in [-0.4, -0.2) is 35.4 Å². The van der Waals surface area contributed by atoms with Crippen molar-refractivity contribution in [2.45, 2.75) is 131 Å². The average molecular weight is 505 g/mol. The summed E-state index contributed by atoms with van der Waals surface area (Å²) >= 11 is 0. The Balaban J connectivity index is 1.93. The molecule has 5 heteroatoms. The summed E-state index contributed by atoms with van der Waals surface area (Å²) in [6.45, 7) is 15.6.